The molecule has 0 aromatic heterocycles. The molecule has 0 N–H and O–H groups in total. The van der Waals surface area contributed by atoms with Crippen LogP contribution in [0.15, 0.2) is 36.4 Å². The number of carbonyl (C=O) groups excluding carboxylic acids is 1. The summed E-state index contributed by atoms with van der Waals surface area (Å²) in [5.74, 6) is -1.77. The molecule has 1 aliphatic heterocycles. The molecule has 3 rings (SSSR count). The fourth-order valence-electron chi connectivity index (χ4n) is 3.22. The molecule has 2 aromatic rings. The number of hydrogen-bond acceptors (Lipinski definition) is 1. The van der Waals surface area contributed by atoms with Gasteiger partial charge in [0.25, 0.3) is 0 Å². The second kappa shape index (κ2) is 7.71. The van der Waals surface area contributed by atoms with E-state index in [2.05, 4.69) is 0 Å². The van der Waals surface area contributed by atoms with Crippen LogP contribution in [-0.2, 0) is 11.2 Å². The van der Waals surface area contributed by atoms with Gasteiger partial charge in [-0.15, -0.1) is 0 Å². The van der Waals surface area contributed by atoms with Crippen LogP contribution in [0.1, 0.15) is 36.4 Å². The molecule has 2 nitrogen and oxygen atoms in total. The topological polar surface area (TPSA) is 20.3 Å². The first-order valence-electron chi connectivity index (χ1n) is 8.14. The van der Waals surface area contributed by atoms with Crippen molar-refractivity contribution >= 4 is 29.1 Å². The summed E-state index contributed by atoms with van der Waals surface area (Å²) in [6.45, 7) is 0.682. The van der Waals surface area contributed by atoms with E-state index in [1.165, 1.54) is 6.07 Å². The molecule has 0 bridgehead atoms. The number of aryl methyl sites for hydroxylation is 1. The first-order valence-corrected chi connectivity index (χ1v) is 8.89. The number of benzene rings is 2. The maximum atomic E-state index is 13.3. The third-order valence-electron chi connectivity index (χ3n) is 4.51. The van der Waals surface area contributed by atoms with Crippen LogP contribution < -0.4 is 0 Å². The Morgan fingerprint density at radius 3 is 2.60 bits per heavy atom. The summed E-state index contributed by atoms with van der Waals surface area (Å²) in [7, 11) is 0. The van der Waals surface area contributed by atoms with Crippen LogP contribution in [0.4, 0.5) is 8.78 Å². The Kier molecular flexibility index (Phi) is 5.60. The average Bonchev–Trinajstić information content (AvgIpc) is 3.08. The van der Waals surface area contributed by atoms with Crippen molar-refractivity contribution in [3.05, 3.63) is 69.2 Å². The van der Waals surface area contributed by atoms with Crippen molar-refractivity contribution in [3.63, 3.8) is 0 Å². The standard InChI is InChI=1S/C19H17Cl2F2NO/c20-14-6-5-13(11-15(14)21)18-2-1-9-24(18)19(25)8-4-12-3-7-16(22)17(23)10-12/h3,5-7,10-11,18H,1-2,4,8-9H2. The monoisotopic (exact) mass is 383 g/mol. The molecular formula is C19H17Cl2F2NO. The molecule has 0 aliphatic carbocycles. The predicted octanol–water partition coefficient (Wildman–Crippen LogP) is 5.57. The minimum absolute atomic E-state index is 0.00157. The number of carbonyl (C=O) groups is 1. The van der Waals surface area contributed by atoms with Crippen LogP contribution in [0.25, 0.3) is 0 Å². The third kappa shape index (κ3) is 4.13. The summed E-state index contributed by atoms with van der Waals surface area (Å²) < 4.78 is 26.2. The second-order valence-corrected chi connectivity index (χ2v) is 6.98. The van der Waals surface area contributed by atoms with Crippen molar-refractivity contribution in [1.29, 1.82) is 0 Å². The highest BCUT2D eigenvalue weighted by molar-refractivity contribution is 6.42. The van der Waals surface area contributed by atoms with Gasteiger partial charge in [-0.05, 0) is 54.7 Å². The zero-order valence-electron chi connectivity index (χ0n) is 13.4. The van der Waals surface area contributed by atoms with E-state index >= 15 is 0 Å². The molecule has 0 radical (unpaired) electrons. The van der Waals surface area contributed by atoms with Crippen LogP contribution >= 0.6 is 23.2 Å². The van der Waals surface area contributed by atoms with E-state index < -0.39 is 11.6 Å². The highest BCUT2D eigenvalue weighted by Crippen LogP contribution is 2.35. The zero-order chi connectivity index (χ0) is 18.0. The fraction of sp³-hybridized carbons (Fsp3) is 0.316. The van der Waals surface area contributed by atoms with Gasteiger partial charge in [0.1, 0.15) is 0 Å². The molecule has 0 spiro atoms. The van der Waals surface area contributed by atoms with E-state index in [0.717, 1.165) is 30.5 Å². The fourth-order valence-corrected chi connectivity index (χ4v) is 3.53. The van der Waals surface area contributed by atoms with Crippen LogP contribution in [0.3, 0.4) is 0 Å². The van der Waals surface area contributed by atoms with Gasteiger partial charge in [0.2, 0.25) is 5.91 Å². The number of amides is 1. The van der Waals surface area contributed by atoms with Gasteiger partial charge < -0.3 is 4.90 Å². The maximum Gasteiger partial charge on any atom is 0.223 e. The highest BCUT2D eigenvalue weighted by atomic mass is 35.5. The summed E-state index contributed by atoms with van der Waals surface area (Å²) >= 11 is 12.0. The summed E-state index contributed by atoms with van der Waals surface area (Å²) in [4.78, 5) is 14.4. The maximum absolute atomic E-state index is 13.3. The van der Waals surface area contributed by atoms with E-state index in [9.17, 15) is 13.6 Å². The van der Waals surface area contributed by atoms with Gasteiger partial charge in [0.15, 0.2) is 11.6 Å². The molecule has 1 atom stereocenters. The molecule has 2 aromatic carbocycles. The number of hydrogen-bond donors (Lipinski definition) is 0. The van der Waals surface area contributed by atoms with Crippen molar-refractivity contribution < 1.29 is 13.6 Å². The molecule has 1 aliphatic rings. The number of likely N-dealkylation sites (tertiary alicyclic amines) is 1. The lowest BCUT2D eigenvalue weighted by molar-refractivity contribution is -0.132. The SMILES string of the molecule is O=C(CCc1ccc(F)c(F)c1)N1CCCC1c1ccc(Cl)c(Cl)c1. The largest absolute Gasteiger partial charge is 0.336 e. The van der Waals surface area contributed by atoms with Crippen molar-refractivity contribution in [2.45, 2.75) is 31.7 Å². The number of halogens is 4. The Morgan fingerprint density at radius 2 is 1.88 bits per heavy atom. The minimum atomic E-state index is -0.889. The molecule has 132 valence electrons. The predicted molar refractivity (Wildman–Crippen MR) is 94.8 cm³/mol. The number of nitrogens with zero attached hydrogens (tertiary/aromatic N) is 1. The van der Waals surface area contributed by atoms with E-state index in [-0.39, 0.29) is 18.4 Å². The summed E-state index contributed by atoms with van der Waals surface area (Å²) in [5, 5.41) is 0.958. The van der Waals surface area contributed by atoms with Gasteiger partial charge in [-0.2, -0.15) is 0 Å². The van der Waals surface area contributed by atoms with Crippen molar-refractivity contribution in [2.24, 2.45) is 0 Å². The molecule has 0 saturated carbocycles. The molecule has 1 fully saturated rings. The van der Waals surface area contributed by atoms with E-state index in [4.69, 9.17) is 23.2 Å². The van der Waals surface area contributed by atoms with E-state index in [1.807, 2.05) is 11.0 Å². The second-order valence-electron chi connectivity index (χ2n) is 6.17. The Balaban J connectivity index is 1.68. The summed E-state index contributed by atoms with van der Waals surface area (Å²) in [5.41, 5.74) is 1.57. The molecule has 6 heteroatoms. The van der Waals surface area contributed by atoms with Gasteiger partial charge in [-0.1, -0.05) is 35.3 Å². The highest BCUT2D eigenvalue weighted by Gasteiger charge is 2.29. The Labute approximate surface area is 155 Å². The van der Waals surface area contributed by atoms with Crippen LogP contribution in [0, 0.1) is 11.6 Å². The summed E-state index contributed by atoms with van der Waals surface area (Å²) in [6, 6.07) is 9.14. The van der Waals surface area contributed by atoms with Crippen molar-refractivity contribution in [2.75, 3.05) is 6.54 Å². The van der Waals surface area contributed by atoms with Gasteiger partial charge in [0.05, 0.1) is 16.1 Å². The third-order valence-corrected chi connectivity index (χ3v) is 5.25. The number of rotatable bonds is 4. The first-order chi connectivity index (χ1) is 12.0. The van der Waals surface area contributed by atoms with Gasteiger partial charge in [-0.25, -0.2) is 8.78 Å². The summed E-state index contributed by atoms with van der Waals surface area (Å²) in [6.07, 6.45) is 2.42. The Morgan fingerprint density at radius 1 is 1.08 bits per heavy atom. The molecule has 1 unspecified atom stereocenters. The quantitative estimate of drug-likeness (QED) is 0.675. The lowest BCUT2D eigenvalue weighted by atomic mass is 10.0. The van der Waals surface area contributed by atoms with Crippen LogP contribution in [0.5, 0.6) is 0 Å². The lowest BCUT2D eigenvalue weighted by Crippen LogP contribution is -2.30. The van der Waals surface area contributed by atoms with E-state index in [0.29, 0.717) is 28.6 Å². The normalized spacial score (nSPS) is 17.1. The average molecular weight is 384 g/mol. The molecule has 1 saturated heterocycles. The van der Waals surface area contributed by atoms with Crippen LogP contribution in [-0.4, -0.2) is 17.4 Å². The molecule has 1 amide bonds. The van der Waals surface area contributed by atoms with Crippen LogP contribution in [0.2, 0.25) is 10.0 Å². The molecule has 1 heterocycles. The van der Waals surface area contributed by atoms with Crippen molar-refractivity contribution in [3.8, 4) is 0 Å². The Bertz CT molecular complexity index is 797. The van der Waals surface area contributed by atoms with Gasteiger partial charge in [-0.3, -0.25) is 4.79 Å². The van der Waals surface area contributed by atoms with Gasteiger partial charge in [0, 0.05) is 13.0 Å². The van der Waals surface area contributed by atoms with Crippen molar-refractivity contribution in [1.82, 2.24) is 4.90 Å². The minimum Gasteiger partial charge on any atom is -0.336 e. The molecule has 25 heavy (non-hydrogen) atoms. The van der Waals surface area contributed by atoms with Gasteiger partial charge >= 0.3 is 0 Å². The zero-order valence-corrected chi connectivity index (χ0v) is 15.0. The smallest absolute Gasteiger partial charge is 0.223 e. The molecular weight excluding hydrogens is 367 g/mol. The Hall–Kier alpha value is -1.65. The van der Waals surface area contributed by atoms with E-state index in [1.54, 1.807) is 12.1 Å². The first kappa shape index (κ1) is 18.2. The lowest BCUT2D eigenvalue weighted by Gasteiger charge is -2.25.